The van der Waals surface area contributed by atoms with E-state index in [0.717, 1.165) is 24.2 Å². The zero-order valence-electron chi connectivity index (χ0n) is 12.2. The number of hydrogen-bond acceptors (Lipinski definition) is 1. The Hall–Kier alpha value is -0.530. The van der Waals surface area contributed by atoms with Crippen molar-refractivity contribution < 1.29 is 4.79 Å². The zero-order chi connectivity index (χ0) is 13.1. The fraction of sp³-hybridized carbons (Fsp3) is 0.938. The summed E-state index contributed by atoms with van der Waals surface area (Å²) in [6.45, 7) is 9.55. The van der Waals surface area contributed by atoms with E-state index in [0.29, 0.717) is 17.3 Å². The maximum atomic E-state index is 11.0. The maximum Gasteiger partial charge on any atom is 0.207 e. The first-order chi connectivity index (χ1) is 8.40. The Morgan fingerprint density at radius 1 is 1.22 bits per heavy atom. The predicted molar refractivity (Wildman–Crippen MR) is 73.0 cm³/mol. The summed E-state index contributed by atoms with van der Waals surface area (Å²) in [4.78, 5) is 11.0. The van der Waals surface area contributed by atoms with Crippen LogP contribution in [0.3, 0.4) is 0 Å². The van der Waals surface area contributed by atoms with Gasteiger partial charge in [0.2, 0.25) is 6.41 Å². The van der Waals surface area contributed by atoms with Crippen LogP contribution in [0.2, 0.25) is 0 Å². The lowest BCUT2D eigenvalue weighted by Crippen LogP contribution is -2.51. The van der Waals surface area contributed by atoms with Crippen LogP contribution in [0.5, 0.6) is 0 Å². The van der Waals surface area contributed by atoms with Gasteiger partial charge in [-0.3, -0.25) is 4.79 Å². The first-order valence-corrected chi connectivity index (χ1v) is 7.62. The van der Waals surface area contributed by atoms with Crippen LogP contribution >= 0.6 is 0 Å². The summed E-state index contributed by atoms with van der Waals surface area (Å²) < 4.78 is 0. The van der Waals surface area contributed by atoms with Crippen LogP contribution in [0.15, 0.2) is 0 Å². The molecule has 18 heavy (non-hydrogen) atoms. The summed E-state index contributed by atoms with van der Waals surface area (Å²) in [6, 6.07) is 0. The van der Waals surface area contributed by atoms with Crippen molar-refractivity contribution in [3.05, 3.63) is 0 Å². The van der Waals surface area contributed by atoms with Crippen LogP contribution < -0.4 is 5.32 Å². The van der Waals surface area contributed by atoms with Crippen molar-refractivity contribution >= 4 is 6.41 Å². The lowest BCUT2D eigenvalue weighted by molar-refractivity contribution is -0.112. The fourth-order valence-electron chi connectivity index (χ4n) is 6.01. The summed E-state index contributed by atoms with van der Waals surface area (Å²) >= 11 is 0. The van der Waals surface area contributed by atoms with Gasteiger partial charge in [-0.2, -0.15) is 0 Å². The van der Waals surface area contributed by atoms with E-state index >= 15 is 0 Å². The Bertz CT molecular complexity index is 366. The molecule has 3 bridgehead atoms. The summed E-state index contributed by atoms with van der Waals surface area (Å²) in [7, 11) is 0. The highest BCUT2D eigenvalue weighted by atomic mass is 16.1. The predicted octanol–water partition coefficient (Wildman–Crippen LogP) is 3.22. The second kappa shape index (κ2) is 3.74. The first-order valence-electron chi connectivity index (χ1n) is 7.62. The van der Waals surface area contributed by atoms with Gasteiger partial charge in [-0.25, -0.2) is 0 Å². The lowest BCUT2D eigenvalue weighted by Gasteiger charge is -2.49. The standard InChI is InChI=1S/C16H27NO/c1-10(2)13-6-14-15(3)7-11(13)5-12(8-15)16(14,4)17-9-18/h9-14H,5-8H2,1-4H3,(H,17,18)/t11-,12+,13+,14-,15-,16-/m1/s1. The minimum atomic E-state index is 0.0644. The SMILES string of the molecule is CC(C)[C@@H]1C[C@@H]2[C@]3(C)C[C@H]1C[C@@H](C3)[C@@]2(C)NC=O. The molecule has 3 aliphatic rings. The number of hydrogen-bond donors (Lipinski definition) is 1. The Labute approximate surface area is 111 Å². The monoisotopic (exact) mass is 249 g/mol. The number of amides is 1. The topological polar surface area (TPSA) is 29.1 Å². The summed E-state index contributed by atoms with van der Waals surface area (Å²) in [5, 5.41) is 3.22. The molecule has 102 valence electrons. The molecule has 2 nitrogen and oxygen atoms in total. The molecule has 3 saturated carbocycles. The molecule has 0 unspecified atom stereocenters. The van der Waals surface area contributed by atoms with Gasteiger partial charge in [-0.05, 0) is 67.6 Å². The van der Waals surface area contributed by atoms with Crippen molar-refractivity contribution in [2.45, 2.75) is 58.9 Å². The number of carbonyl (C=O) groups excluding carboxylic acids is 1. The van der Waals surface area contributed by atoms with Gasteiger partial charge >= 0.3 is 0 Å². The van der Waals surface area contributed by atoms with E-state index in [1.54, 1.807) is 0 Å². The van der Waals surface area contributed by atoms with Gasteiger partial charge in [-0.1, -0.05) is 20.8 Å². The molecule has 0 aromatic rings. The molecule has 0 spiro atoms. The van der Waals surface area contributed by atoms with Crippen LogP contribution in [0.1, 0.15) is 53.4 Å². The lowest BCUT2D eigenvalue weighted by atomic mass is 9.56. The van der Waals surface area contributed by atoms with E-state index in [1.165, 1.54) is 25.7 Å². The van der Waals surface area contributed by atoms with E-state index in [2.05, 4.69) is 33.0 Å². The normalized spacial score (nSPS) is 53.8. The highest BCUT2D eigenvalue weighted by Gasteiger charge is 2.64. The molecule has 0 saturated heterocycles. The third-order valence-corrected chi connectivity index (χ3v) is 6.78. The second-order valence-corrected chi connectivity index (χ2v) is 8.00. The van der Waals surface area contributed by atoms with Crippen molar-refractivity contribution in [3.63, 3.8) is 0 Å². The van der Waals surface area contributed by atoms with E-state index in [-0.39, 0.29) is 5.54 Å². The average molecular weight is 249 g/mol. The van der Waals surface area contributed by atoms with Crippen LogP contribution in [0.25, 0.3) is 0 Å². The molecule has 0 radical (unpaired) electrons. The van der Waals surface area contributed by atoms with Crippen molar-refractivity contribution in [2.24, 2.45) is 35.0 Å². The zero-order valence-corrected chi connectivity index (χ0v) is 12.2. The Balaban J connectivity index is 1.98. The molecule has 3 fully saturated rings. The third-order valence-electron chi connectivity index (χ3n) is 6.78. The molecule has 1 amide bonds. The Kier molecular flexibility index (Phi) is 2.60. The van der Waals surface area contributed by atoms with Crippen LogP contribution in [-0.2, 0) is 4.79 Å². The summed E-state index contributed by atoms with van der Waals surface area (Å²) in [6.07, 6.45) is 6.34. The molecule has 6 atom stereocenters. The van der Waals surface area contributed by atoms with Gasteiger partial charge in [0.05, 0.1) is 0 Å². The van der Waals surface area contributed by atoms with E-state index < -0.39 is 0 Å². The minimum absolute atomic E-state index is 0.0644. The summed E-state index contributed by atoms with van der Waals surface area (Å²) in [5.41, 5.74) is 0.554. The Morgan fingerprint density at radius 3 is 2.56 bits per heavy atom. The highest BCUT2D eigenvalue weighted by Crippen LogP contribution is 2.68. The van der Waals surface area contributed by atoms with Crippen molar-refractivity contribution in [3.8, 4) is 0 Å². The van der Waals surface area contributed by atoms with Gasteiger partial charge in [0.1, 0.15) is 0 Å². The van der Waals surface area contributed by atoms with Gasteiger partial charge in [0.15, 0.2) is 0 Å². The molecule has 1 N–H and O–H groups in total. The maximum absolute atomic E-state index is 11.0. The van der Waals surface area contributed by atoms with Crippen LogP contribution in [0.4, 0.5) is 0 Å². The smallest absolute Gasteiger partial charge is 0.207 e. The van der Waals surface area contributed by atoms with Gasteiger partial charge in [-0.15, -0.1) is 0 Å². The first kappa shape index (κ1) is 12.5. The molecule has 0 aromatic carbocycles. The number of carbonyl (C=O) groups is 1. The van der Waals surface area contributed by atoms with Gasteiger partial charge in [0, 0.05) is 5.54 Å². The number of rotatable bonds is 3. The van der Waals surface area contributed by atoms with Crippen LogP contribution in [0, 0.1) is 35.0 Å². The fourth-order valence-corrected chi connectivity index (χ4v) is 6.01. The summed E-state index contributed by atoms with van der Waals surface area (Å²) in [5.74, 6) is 3.97. The van der Waals surface area contributed by atoms with E-state index in [4.69, 9.17) is 0 Å². The highest BCUT2D eigenvalue weighted by molar-refractivity contribution is 5.49. The average Bonchev–Trinajstić information content (AvgIpc) is 2.36. The molecule has 0 heterocycles. The molecule has 3 aliphatic carbocycles. The molecule has 3 rings (SSSR count). The molecular weight excluding hydrogens is 222 g/mol. The second-order valence-electron chi connectivity index (χ2n) is 8.00. The Morgan fingerprint density at radius 2 is 1.94 bits per heavy atom. The third kappa shape index (κ3) is 1.44. The molecular formula is C16H27NO. The van der Waals surface area contributed by atoms with Crippen molar-refractivity contribution in [2.75, 3.05) is 0 Å². The molecule has 0 aromatic heterocycles. The largest absolute Gasteiger partial charge is 0.353 e. The van der Waals surface area contributed by atoms with Gasteiger partial charge in [0.25, 0.3) is 0 Å². The number of fused-ring (bicyclic) bond motifs is 2. The quantitative estimate of drug-likeness (QED) is 0.765. The minimum Gasteiger partial charge on any atom is -0.353 e. The number of nitrogens with one attached hydrogen (secondary N) is 1. The van der Waals surface area contributed by atoms with E-state index in [1.807, 2.05) is 0 Å². The van der Waals surface area contributed by atoms with Crippen LogP contribution in [-0.4, -0.2) is 11.9 Å². The molecule has 0 aliphatic heterocycles. The molecule has 2 heteroatoms. The van der Waals surface area contributed by atoms with Gasteiger partial charge < -0.3 is 5.32 Å². The van der Waals surface area contributed by atoms with Crippen molar-refractivity contribution in [1.82, 2.24) is 5.32 Å². The van der Waals surface area contributed by atoms with Crippen molar-refractivity contribution in [1.29, 1.82) is 0 Å². The van der Waals surface area contributed by atoms with E-state index in [9.17, 15) is 4.79 Å².